The molecular weight excluding hydrogens is 412 g/mol. The minimum Gasteiger partial charge on any atom is -0.495 e. The molecule has 160 valence electrons. The van der Waals surface area contributed by atoms with Crippen molar-refractivity contribution in [3.8, 4) is 17.2 Å². The summed E-state index contributed by atoms with van der Waals surface area (Å²) in [4.78, 5) is 26.9. The van der Waals surface area contributed by atoms with Gasteiger partial charge in [-0.25, -0.2) is 0 Å². The van der Waals surface area contributed by atoms with E-state index in [4.69, 9.17) is 30.5 Å². The first-order chi connectivity index (χ1) is 14.5. The van der Waals surface area contributed by atoms with E-state index in [2.05, 4.69) is 5.32 Å². The van der Waals surface area contributed by atoms with Gasteiger partial charge < -0.3 is 29.2 Å². The molecule has 9 heteroatoms. The van der Waals surface area contributed by atoms with Gasteiger partial charge in [-0.3, -0.25) is 9.59 Å². The van der Waals surface area contributed by atoms with Gasteiger partial charge in [0.25, 0.3) is 0 Å². The van der Waals surface area contributed by atoms with Gasteiger partial charge in [-0.15, -0.1) is 0 Å². The van der Waals surface area contributed by atoms with Crippen LogP contribution in [0.25, 0.3) is 0 Å². The molecule has 30 heavy (non-hydrogen) atoms. The van der Waals surface area contributed by atoms with E-state index in [1.807, 2.05) is 6.07 Å². The molecule has 2 aromatic rings. The van der Waals surface area contributed by atoms with Crippen molar-refractivity contribution in [2.45, 2.75) is 12.6 Å². The molecule has 2 amide bonds. The molecule has 1 fully saturated rings. The molecule has 0 saturated carbocycles. The highest BCUT2D eigenvalue weighted by Gasteiger charge is 2.34. The number of nitrogens with zero attached hydrogens (tertiary/aromatic N) is 1. The van der Waals surface area contributed by atoms with Gasteiger partial charge in [0.15, 0.2) is 11.5 Å². The summed E-state index contributed by atoms with van der Waals surface area (Å²) >= 11 is 6.12. The number of hydrogen-bond donors (Lipinski definition) is 1. The summed E-state index contributed by atoms with van der Waals surface area (Å²) in [5.74, 6) is 0.986. The highest BCUT2D eigenvalue weighted by atomic mass is 35.5. The highest BCUT2D eigenvalue weighted by molar-refractivity contribution is 6.32. The van der Waals surface area contributed by atoms with Gasteiger partial charge in [-0.1, -0.05) is 17.7 Å². The van der Waals surface area contributed by atoms with E-state index in [1.165, 1.54) is 19.1 Å². The average molecular weight is 435 g/mol. The van der Waals surface area contributed by atoms with E-state index < -0.39 is 6.04 Å². The molecule has 0 unspecified atom stereocenters. The van der Waals surface area contributed by atoms with E-state index in [0.29, 0.717) is 28.0 Å². The number of benzene rings is 2. The van der Waals surface area contributed by atoms with Crippen LogP contribution in [-0.2, 0) is 20.9 Å². The number of carbonyl (C=O) groups excluding carboxylic acids is 2. The number of amides is 2. The van der Waals surface area contributed by atoms with Crippen molar-refractivity contribution < 1.29 is 28.5 Å². The van der Waals surface area contributed by atoms with Crippen LogP contribution in [0.4, 0.5) is 5.69 Å². The Balaban J connectivity index is 1.78. The Labute approximate surface area is 179 Å². The van der Waals surface area contributed by atoms with Gasteiger partial charge in [0, 0.05) is 12.2 Å². The van der Waals surface area contributed by atoms with Gasteiger partial charge in [0.05, 0.1) is 33.0 Å². The van der Waals surface area contributed by atoms with Crippen molar-refractivity contribution in [1.82, 2.24) is 4.90 Å². The van der Waals surface area contributed by atoms with Crippen LogP contribution in [0.5, 0.6) is 17.2 Å². The molecule has 0 aromatic heterocycles. The monoisotopic (exact) mass is 434 g/mol. The van der Waals surface area contributed by atoms with Crippen molar-refractivity contribution in [2.75, 3.05) is 39.9 Å². The zero-order valence-corrected chi connectivity index (χ0v) is 17.7. The normalized spacial score (nSPS) is 16.2. The molecule has 1 heterocycles. The summed E-state index contributed by atoms with van der Waals surface area (Å²) in [5, 5.41) is 3.15. The first-order valence-corrected chi connectivity index (χ1v) is 9.57. The van der Waals surface area contributed by atoms with Crippen molar-refractivity contribution >= 4 is 29.1 Å². The van der Waals surface area contributed by atoms with E-state index in [-0.39, 0.29) is 31.6 Å². The maximum Gasteiger partial charge on any atom is 0.249 e. The van der Waals surface area contributed by atoms with Crippen LogP contribution in [-0.4, -0.2) is 57.3 Å². The fourth-order valence-corrected chi connectivity index (χ4v) is 3.42. The van der Waals surface area contributed by atoms with E-state index in [0.717, 1.165) is 5.56 Å². The summed E-state index contributed by atoms with van der Waals surface area (Å²) < 4.78 is 21.0. The first-order valence-electron chi connectivity index (χ1n) is 9.19. The quantitative estimate of drug-likeness (QED) is 0.721. The van der Waals surface area contributed by atoms with Crippen LogP contribution >= 0.6 is 11.6 Å². The number of hydrogen-bond acceptors (Lipinski definition) is 6. The predicted octanol–water partition coefficient (Wildman–Crippen LogP) is 2.73. The summed E-state index contributed by atoms with van der Waals surface area (Å²) in [5.41, 5.74) is 1.29. The van der Waals surface area contributed by atoms with E-state index in [9.17, 15) is 9.59 Å². The lowest BCUT2D eigenvalue weighted by Crippen LogP contribution is -2.54. The largest absolute Gasteiger partial charge is 0.495 e. The van der Waals surface area contributed by atoms with Gasteiger partial charge in [0.2, 0.25) is 11.8 Å². The molecule has 0 radical (unpaired) electrons. The lowest BCUT2D eigenvalue weighted by atomic mass is 10.1. The number of methoxy groups -OCH3 is 3. The Morgan fingerprint density at radius 3 is 2.47 bits per heavy atom. The summed E-state index contributed by atoms with van der Waals surface area (Å²) in [6.45, 7) is 0.240. The summed E-state index contributed by atoms with van der Waals surface area (Å²) in [6, 6.07) is 9.48. The fourth-order valence-electron chi connectivity index (χ4n) is 3.17. The SMILES string of the molecule is COc1ccc(NC(=O)[C@@H]2COCC(=O)N2Cc2ccc(OC)c(OC)c2)cc1Cl. The molecule has 1 aliphatic heterocycles. The van der Waals surface area contributed by atoms with Crippen LogP contribution in [0.3, 0.4) is 0 Å². The zero-order chi connectivity index (χ0) is 21.7. The molecule has 0 aliphatic carbocycles. The number of nitrogens with one attached hydrogen (secondary N) is 1. The van der Waals surface area contributed by atoms with Gasteiger partial charge in [-0.05, 0) is 35.9 Å². The van der Waals surface area contributed by atoms with Crippen LogP contribution in [0.15, 0.2) is 36.4 Å². The summed E-state index contributed by atoms with van der Waals surface area (Å²) in [6.07, 6.45) is 0. The van der Waals surface area contributed by atoms with Crippen molar-refractivity contribution in [2.24, 2.45) is 0 Å². The predicted molar refractivity (Wildman–Crippen MR) is 111 cm³/mol. The van der Waals surface area contributed by atoms with E-state index in [1.54, 1.807) is 37.4 Å². The molecular formula is C21H23ClN2O6. The molecule has 8 nitrogen and oxygen atoms in total. The third-order valence-electron chi connectivity index (χ3n) is 4.72. The highest BCUT2D eigenvalue weighted by Crippen LogP contribution is 2.29. The molecule has 1 N–H and O–H groups in total. The Kier molecular flexibility index (Phi) is 7.02. The molecule has 1 atom stereocenters. The topological polar surface area (TPSA) is 86.3 Å². The smallest absolute Gasteiger partial charge is 0.249 e. The minimum atomic E-state index is -0.791. The van der Waals surface area contributed by atoms with Crippen LogP contribution < -0.4 is 19.5 Å². The minimum absolute atomic E-state index is 0.0779. The number of anilines is 1. The second-order valence-corrected chi connectivity index (χ2v) is 6.99. The standard InChI is InChI=1S/C21H23ClN2O6/c1-27-17-7-5-14(9-15(17)22)23-21(26)16-11-30-12-20(25)24(16)10-13-4-6-18(28-2)19(8-13)29-3/h4-9,16H,10-12H2,1-3H3,(H,23,26)/t16-/m0/s1. The number of rotatable bonds is 7. The lowest BCUT2D eigenvalue weighted by molar-refractivity contribution is -0.154. The van der Waals surface area contributed by atoms with Gasteiger partial charge in [0.1, 0.15) is 18.4 Å². The Bertz CT molecular complexity index is 936. The lowest BCUT2D eigenvalue weighted by Gasteiger charge is -2.34. The van der Waals surface area contributed by atoms with Gasteiger partial charge in [-0.2, -0.15) is 0 Å². The maximum absolute atomic E-state index is 12.9. The van der Waals surface area contributed by atoms with E-state index >= 15 is 0 Å². The molecule has 0 spiro atoms. The third-order valence-corrected chi connectivity index (χ3v) is 5.02. The van der Waals surface area contributed by atoms with Crippen molar-refractivity contribution in [3.05, 3.63) is 47.0 Å². The number of carbonyl (C=O) groups is 2. The molecule has 1 saturated heterocycles. The van der Waals surface area contributed by atoms with Crippen molar-refractivity contribution in [1.29, 1.82) is 0 Å². The van der Waals surface area contributed by atoms with Crippen molar-refractivity contribution in [3.63, 3.8) is 0 Å². The average Bonchev–Trinajstić information content (AvgIpc) is 2.75. The molecule has 3 rings (SSSR count). The summed E-state index contributed by atoms with van der Waals surface area (Å²) in [7, 11) is 4.60. The van der Waals surface area contributed by atoms with Crippen LogP contribution in [0.2, 0.25) is 5.02 Å². The Hall–Kier alpha value is -2.97. The molecule has 0 bridgehead atoms. The zero-order valence-electron chi connectivity index (χ0n) is 16.9. The number of morpholine rings is 1. The molecule has 1 aliphatic rings. The Morgan fingerprint density at radius 2 is 1.80 bits per heavy atom. The number of halogens is 1. The first kappa shape index (κ1) is 21.7. The van der Waals surface area contributed by atoms with Crippen LogP contribution in [0, 0.1) is 0 Å². The molecule has 2 aromatic carbocycles. The van der Waals surface area contributed by atoms with Crippen LogP contribution in [0.1, 0.15) is 5.56 Å². The Morgan fingerprint density at radius 1 is 1.10 bits per heavy atom. The van der Waals surface area contributed by atoms with Gasteiger partial charge >= 0.3 is 0 Å². The maximum atomic E-state index is 12.9. The second-order valence-electron chi connectivity index (χ2n) is 6.58. The fraction of sp³-hybridized carbons (Fsp3) is 0.333. The number of ether oxygens (including phenoxy) is 4. The third kappa shape index (κ3) is 4.77. The second kappa shape index (κ2) is 9.69.